The van der Waals surface area contributed by atoms with Gasteiger partial charge in [0.2, 0.25) is 5.78 Å². The molecule has 0 aliphatic carbocycles. The summed E-state index contributed by atoms with van der Waals surface area (Å²) in [6.07, 6.45) is -6.84. The Kier molecular flexibility index (Phi) is 14.2. The number of carbonyl (C=O) groups is 1. The molecule has 0 unspecified atom stereocenters. The maximum absolute atomic E-state index is 11.3. The minimum absolute atomic E-state index is 0. The molecular formula is C12H11EuF4O4P. The number of halogens is 4. The predicted octanol–water partition coefficient (Wildman–Crippen LogP) is 3.14. The molecule has 4 nitrogen and oxygen atoms in total. The van der Waals surface area contributed by atoms with Gasteiger partial charge in [-0.2, -0.15) is 0 Å². The van der Waals surface area contributed by atoms with E-state index in [9.17, 15) is 26.9 Å². The molecule has 0 amide bonds. The number of aliphatic hydroxyl groups excluding tert-OH is 1. The van der Waals surface area contributed by atoms with E-state index < -0.39 is 24.4 Å². The van der Waals surface area contributed by atoms with E-state index in [2.05, 4.69) is 0 Å². The smallest absolute Gasteiger partial charge is 0.300 e. The van der Waals surface area contributed by atoms with Crippen molar-refractivity contribution in [2.24, 2.45) is 0 Å². The average molecular weight is 478 g/mol. The molecule has 22 heavy (non-hydrogen) atoms. The van der Waals surface area contributed by atoms with Gasteiger partial charge in [-0.05, 0) is 12.1 Å². The summed E-state index contributed by atoms with van der Waals surface area (Å²) < 4.78 is 60.6. The third-order valence-corrected chi connectivity index (χ3v) is 2.48. The first-order chi connectivity index (χ1) is 9.83. The van der Waals surface area contributed by atoms with Crippen LogP contribution in [0.1, 0.15) is 0 Å². The van der Waals surface area contributed by atoms with Crippen molar-refractivity contribution in [1.82, 2.24) is 0 Å². The molecule has 1 aromatic rings. The number of ketones is 1. The largest absolute Gasteiger partial charge is 0.506 e. The average Bonchev–Trinajstić information content (AvgIpc) is 2.47. The summed E-state index contributed by atoms with van der Waals surface area (Å²) in [6.45, 7) is 0. The number of allylic oxidation sites excluding steroid dienone is 2. The van der Waals surface area contributed by atoms with Crippen LogP contribution in [-0.4, -0.2) is 30.9 Å². The number of aliphatic hydroxyl groups is 1. The Morgan fingerprint density at radius 2 is 1.77 bits per heavy atom. The van der Waals surface area contributed by atoms with E-state index >= 15 is 0 Å². The fraction of sp³-hybridized carbons (Fsp3) is 0.250. The number of hydrogen-bond donors (Lipinski definition) is 1. The van der Waals surface area contributed by atoms with Crippen molar-refractivity contribution >= 4 is 19.5 Å². The van der Waals surface area contributed by atoms with E-state index in [1.807, 2.05) is 12.1 Å². The predicted molar refractivity (Wildman–Crippen MR) is 68.0 cm³/mol. The van der Waals surface area contributed by atoms with Gasteiger partial charge in [0.25, 0.3) is 12.9 Å². The molecule has 0 saturated heterocycles. The summed E-state index contributed by atoms with van der Waals surface area (Å²) in [7, 11) is 1.56. The second-order valence-electron chi connectivity index (χ2n) is 3.34. The number of benzene rings is 1. The maximum Gasteiger partial charge on any atom is 0.300 e. The normalized spacial score (nSPS) is 10.8. The van der Waals surface area contributed by atoms with Crippen molar-refractivity contribution in [2.75, 3.05) is 7.11 Å². The number of rotatable bonds is 5. The molecule has 0 bridgehead atoms. The zero-order chi connectivity index (χ0) is 16.4. The SMILES string of the molecule is COc1ccccc1P=O.O=C(/C=C(\O)C(F)F)C(F)F.[Eu]. The fourth-order valence-corrected chi connectivity index (χ4v) is 1.38. The van der Waals surface area contributed by atoms with Crippen LogP contribution in [0.4, 0.5) is 17.6 Å². The van der Waals surface area contributed by atoms with Crippen LogP contribution in [0.5, 0.6) is 5.75 Å². The van der Waals surface area contributed by atoms with Gasteiger partial charge in [0.1, 0.15) is 5.75 Å². The molecule has 0 aliphatic heterocycles. The quantitative estimate of drug-likeness (QED) is 0.306. The molecule has 1 aromatic carbocycles. The summed E-state index contributed by atoms with van der Waals surface area (Å²) in [5.74, 6) is -2.81. The van der Waals surface area contributed by atoms with Crippen LogP contribution < -0.4 is 10.0 Å². The molecule has 1 N–H and O–H groups in total. The summed E-state index contributed by atoms with van der Waals surface area (Å²) in [5, 5.41) is 8.79. The topological polar surface area (TPSA) is 63.6 Å². The first-order valence-corrected chi connectivity index (χ1v) is 6.11. The van der Waals surface area contributed by atoms with E-state index in [1.165, 1.54) is 0 Å². The molecule has 0 saturated carbocycles. The Morgan fingerprint density at radius 1 is 1.23 bits per heavy atom. The molecule has 0 heterocycles. The van der Waals surface area contributed by atoms with Crippen LogP contribution in [-0.2, 0) is 9.36 Å². The molecule has 1 radical (unpaired) electrons. The first kappa shape index (κ1) is 23.9. The number of methoxy groups -OCH3 is 1. The number of alkyl halides is 4. The second-order valence-corrected chi connectivity index (χ2v) is 4.00. The summed E-state index contributed by atoms with van der Waals surface area (Å²) >= 11 is 0. The number of hydrogen-bond acceptors (Lipinski definition) is 4. The van der Waals surface area contributed by atoms with Gasteiger partial charge < -0.3 is 9.84 Å². The van der Waals surface area contributed by atoms with E-state index in [1.54, 1.807) is 19.2 Å². The Hall–Kier alpha value is -0.366. The monoisotopic (exact) mass is 479 g/mol. The van der Waals surface area contributed by atoms with E-state index in [0.717, 1.165) is 0 Å². The van der Waals surface area contributed by atoms with Crippen LogP contribution in [0.2, 0.25) is 0 Å². The van der Waals surface area contributed by atoms with Crippen molar-refractivity contribution in [3.05, 3.63) is 36.1 Å². The third kappa shape index (κ3) is 9.61. The molecule has 1 rings (SSSR count). The van der Waals surface area contributed by atoms with Crippen LogP contribution in [0.15, 0.2) is 36.1 Å². The summed E-state index contributed by atoms with van der Waals surface area (Å²) in [4.78, 5) is 9.94. The van der Waals surface area contributed by atoms with Gasteiger partial charge in [0.15, 0.2) is 14.2 Å². The number of ether oxygens (including phenoxy) is 1. The second kappa shape index (κ2) is 13.1. The Labute approximate surface area is 166 Å². The van der Waals surface area contributed by atoms with Gasteiger partial charge in [-0.1, -0.05) is 12.1 Å². The third-order valence-electron chi connectivity index (χ3n) is 1.91. The molecular weight excluding hydrogens is 467 g/mol. The van der Waals surface area contributed by atoms with Gasteiger partial charge in [0.05, 0.1) is 12.4 Å². The molecule has 0 atom stereocenters. The van der Waals surface area contributed by atoms with E-state index in [4.69, 9.17) is 9.84 Å². The Balaban J connectivity index is 0. The summed E-state index contributed by atoms with van der Waals surface area (Å²) in [5.41, 5.74) is 0. The standard InChI is InChI=1S/C7H7O2P.C5H4F4O2.Eu/c1-9-6-4-2-3-5-7(6)10-8;6-4(7)2(10)1-3(11)5(8)9;/h2-5H,1H3;1,4-5,10H;/b;2-1-;. The van der Waals surface area contributed by atoms with Crippen molar-refractivity contribution < 1.29 is 86.1 Å². The van der Waals surface area contributed by atoms with Crippen molar-refractivity contribution in [3.63, 3.8) is 0 Å². The molecule has 0 aliphatic rings. The van der Waals surface area contributed by atoms with Gasteiger partial charge >= 0.3 is 0 Å². The zero-order valence-electron chi connectivity index (χ0n) is 11.1. The van der Waals surface area contributed by atoms with Crippen LogP contribution >= 0.6 is 8.46 Å². The summed E-state index contributed by atoms with van der Waals surface area (Å²) in [6, 6.07) is 7.20. The van der Waals surface area contributed by atoms with Gasteiger partial charge in [0, 0.05) is 55.5 Å². The van der Waals surface area contributed by atoms with Crippen LogP contribution in [0.3, 0.4) is 0 Å². The Bertz CT molecular complexity index is 512. The van der Waals surface area contributed by atoms with E-state index in [-0.39, 0.29) is 63.9 Å². The Morgan fingerprint density at radius 3 is 2.14 bits per heavy atom. The molecule has 0 fully saturated rings. The van der Waals surface area contributed by atoms with Crippen molar-refractivity contribution in [2.45, 2.75) is 12.9 Å². The number of carbonyl (C=O) groups excluding carboxylic acids is 1. The van der Waals surface area contributed by atoms with Crippen molar-refractivity contribution in [3.8, 4) is 5.75 Å². The van der Waals surface area contributed by atoms with Gasteiger partial charge in [-0.15, -0.1) is 0 Å². The van der Waals surface area contributed by atoms with Gasteiger partial charge in [-0.25, -0.2) is 17.6 Å². The molecule has 0 spiro atoms. The first-order valence-electron chi connectivity index (χ1n) is 5.30. The van der Waals surface area contributed by atoms with Crippen molar-refractivity contribution in [1.29, 1.82) is 0 Å². The molecule has 123 valence electrons. The number of para-hydroxylation sites is 1. The minimum Gasteiger partial charge on any atom is -0.506 e. The maximum atomic E-state index is 11.3. The molecule has 0 aromatic heterocycles. The van der Waals surface area contributed by atoms with Crippen LogP contribution in [0, 0.1) is 49.4 Å². The minimum atomic E-state index is -3.36. The van der Waals surface area contributed by atoms with E-state index in [0.29, 0.717) is 11.1 Å². The van der Waals surface area contributed by atoms with Crippen LogP contribution in [0.25, 0.3) is 0 Å². The fourth-order valence-electron chi connectivity index (χ4n) is 0.977. The molecule has 10 heteroatoms. The zero-order valence-corrected chi connectivity index (χ0v) is 14.4. The van der Waals surface area contributed by atoms with Gasteiger partial charge in [-0.3, -0.25) is 9.36 Å².